The number of aryl methyl sites for hydroxylation is 1. The summed E-state index contributed by atoms with van der Waals surface area (Å²) in [6, 6.07) is 12.3. The van der Waals surface area contributed by atoms with Crippen LogP contribution < -0.4 is 15.7 Å². The lowest BCUT2D eigenvalue weighted by atomic mass is 10.0. The molecule has 0 aliphatic carbocycles. The molecule has 1 N–H and O–H groups in total. The van der Waals surface area contributed by atoms with Crippen molar-refractivity contribution < 1.29 is 14.3 Å². The summed E-state index contributed by atoms with van der Waals surface area (Å²) in [6.07, 6.45) is 3.40. The fourth-order valence-corrected chi connectivity index (χ4v) is 6.12. The molecule has 0 unspecified atom stereocenters. The first-order chi connectivity index (χ1) is 15.7. The molecule has 0 aliphatic rings. The second-order valence-corrected chi connectivity index (χ2v) is 21.3. The average molecular weight is 496 g/mol. The molecule has 0 saturated heterocycles. The van der Waals surface area contributed by atoms with Gasteiger partial charge in [-0.05, 0) is 49.1 Å². The Hall–Kier alpha value is -2.45. The van der Waals surface area contributed by atoms with Crippen LogP contribution in [0.15, 0.2) is 42.5 Å². The molecule has 0 bridgehead atoms. The summed E-state index contributed by atoms with van der Waals surface area (Å²) in [6.45, 7) is 20.3. The van der Waals surface area contributed by atoms with Crippen molar-refractivity contribution in [1.82, 2.24) is 0 Å². The molecule has 0 saturated carbocycles. The summed E-state index contributed by atoms with van der Waals surface area (Å²) in [5.74, 6) is -0.401. The van der Waals surface area contributed by atoms with Crippen molar-refractivity contribution in [3.8, 4) is 0 Å². The van der Waals surface area contributed by atoms with Crippen LogP contribution in [0.1, 0.15) is 48.2 Å². The molecule has 34 heavy (non-hydrogen) atoms. The second-order valence-electron chi connectivity index (χ2n) is 11.1. The number of esters is 1. The van der Waals surface area contributed by atoms with E-state index >= 15 is 0 Å². The molecular formula is C28H41NO3Si2. The zero-order chi connectivity index (χ0) is 25.7. The van der Waals surface area contributed by atoms with E-state index < -0.39 is 16.1 Å². The third-order valence-corrected chi connectivity index (χ3v) is 9.95. The molecule has 0 aliphatic heterocycles. The van der Waals surface area contributed by atoms with Crippen LogP contribution in [0.5, 0.6) is 0 Å². The van der Waals surface area contributed by atoms with E-state index in [4.69, 9.17) is 4.74 Å². The van der Waals surface area contributed by atoms with Crippen molar-refractivity contribution in [3.05, 3.63) is 59.2 Å². The highest BCUT2D eigenvalue weighted by Gasteiger charge is 2.24. The lowest BCUT2D eigenvalue weighted by Crippen LogP contribution is -2.46. The maximum absolute atomic E-state index is 13.2. The fraction of sp³-hybridized carbons (Fsp3) is 0.429. The number of hydrogen-bond donors (Lipinski definition) is 1. The minimum absolute atomic E-state index is 0.0847. The molecular weight excluding hydrogens is 454 g/mol. The minimum Gasteiger partial charge on any atom is -0.463 e. The molecule has 0 atom stereocenters. The van der Waals surface area contributed by atoms with Gasteiger partial charge in [-0.3, -0.25) is 4.79 Å². The van der Waals surface area contributed by atoms with Gasteiger partial charge in [0.05, 0.1) is 22.8 Å². The zero-order valence-electron chi connectivity index (χ0n) is 22.4. The Balaban J connectivity index is 2.26. The predicted octanol–water partition coefficient (Wildman–Crippen LogP) is 6.08. The van der Waals surface area contributed by atoms with Crippen LogP contribution in [0.25, 0.3) is 5.57 Å². The summed E-state index contributed by atoms with van der Waals surface area (Å²) in [5, 5.41) is 5.71. The van der Waals surface area contributed by atoms with Crippen LogP contribution in [-0.2, 0) is 9.53 Å². The van der Waals surface area contributed by atoms with Gasteiger partial charge < -0.3 is 10.1 Å². The highest BCUT2D eigenvalue weighted by Crippen LogP contribution is 2.23. The SMILES string of the molecule is CCCCOC(=O)/C=C(\C)c1ccc(NC(=O)c2cc([Si](C)(C)C)cc([Si](C)(C)C)c2)cc1C. The van der Waals surface area contributed by atoms with Crippen molar-refractivity contribution in [1.29, 1.82) is 0 Å². The van der Waals surface area contributed by atoms with E-state index in [-0.39, 0.29) is 11.9 Å². The molecule has 0 spiro atoms. The van der Waals surface area contributed by atoms with Crippen molar-refractivity contribution in [3.63, 3.8) is 0 Å². The number of allylic oxidation sites excluding steroid dienone is 1. The maximum Gasteiger partial charge on any atom is 0.331 e. The van der Waals surface area contributed by atoms with E-state index in [0.29, 0.717) is 6.61 Å². The Morgan fingerprint density at radius 1 is 0.941 bits per heavy atom. The molecule has 4 nitrogen and oxygen atoms in total. The van der Waals surface area contributed by atoms with Crippen LogP contribution in [0, 0.1) is 6.92 Å². The molecule has 0 radical (unpaired) electrons. The van der Waals surface area contributed by atoms with Gasteiger partial charge in [-0.15, -0.1) is 0 Å². The van der Waals surface area contributed by atoms with Crippen LogP contribution >= 0.6 is 0 Å². The second kappa shape index (κ2) is 11.3. The average Bonchev–Trinajstić information content (AvgIpc) is 2.72. The number of benzene rings is 2. The van der Waals surface area contributed by atoms with Crippen molar-refractivity contribution in [2.45, 2.75) is 72.9 Å². The number of nitrogens with one attached hydrogen (secondary N) is 1. The minimum atomic E-state index is -1.57. The molecule has 2 rings (SSSR count). The Kier molecular flexibility index (Phi) is 9.25. The first-order valence-electron chi connectivity index (χ1n) is 12.2. The summed E-state index contributed by atoms with van der Waals surface area (Å²) in [5.41, 5.74) is 4.28. The summed E-state index contributed by atoms with van der Waals surface area (Å²) < 4.78 is 5.24. The molecule has 1 amide bonds. The van der Waals surface area contributed by atoms with Gasteiger partial charge >= 0.3 is 5.97 Å². The number of amides is 1. The largest absolute Gasteiger partial charge is 0.463 e. The first kappa shape index (κ1) is 27.8. The van der Waals surface area contributed by atoms with Crippen LogP contribution in [0.4, 0.5) is 5.69 Å². The molecule has 0 aromatic heterocycles. The topological polar surface area (TPSA) is 55.4 Å². The molecule has 0 fully saturated rings. The zero-order valence-corrected chi connectivity index (χ0v) is 24.4. The Morgan fingerprint density at radius 2 is 1.53 bits per heavy atom. The lowest BCUT2D eigenvalue weighted by molar-refractivity contribution is -0.137. The normalized spacial score (nSPS) is 12.4. The standard InChI is InChI=1S/C28H41NO3Si2/c1-10-11-14-32-27(30)16-21(3)26-13-12-23(15-20(26)2)29-28(31)22-17-24(33(4,5)6)19-25(18-22)34(7,8)9/h12-13,15-19H,10-11,14H2,1-9H3,(H,29,31)/b21-16+. The summed E-state index contributed by atoms with van der Waals surface area (Å²) in [7, 11) is -3.14. The van der Waals surface area contributed by atoms with E-state index in [9.17, 15) is 9.59 Å². The fourth-order valence-electron chi connectivity index (χ4n) is 3.63. The Bertz CT molecular complexity index is 1040. The predicted molar refractivity (Wildman–Crippen MR) is 151 cm³/mol. The van der Waals surface area contributed by atoms with E-state index in [1.165, 1.54) is 16.4 Å². The molecule has 184 valence electrons. The summed E-state index contributed by atoms with van der Waals surface area (Å²) >= 11 is 0. The Labute approximate surface area is 207 Å². The highest BCUT2D eigenvalue weighted by atomic mass is 28.3. The van der Waals surface area contributed by atoms with Crippen molar-refractivity contribution in [2.75, 3.05) is 11.9 Å². The van der Waals surface area contributed by atoms with Crippen LogP contribution in [0.2, 0.25) is 39.3 Å². The van der Waals surface area contributed by atoms with Gasteiger partial charge in [0.1, 0.15) is 0 Å². The quantitative estimate of drug-likeness (QED) is 0.198. The first-order valence-corrected chi connectivity index (χ1v) is 19.2. The van der Waals surface area contributed by atoms with Crippen molar-refractivity contribution in [2.24, 2.45) is 0 Å². The molecule has 2 aromatic rings. The number of carbonyl (C=O) groups is 2. The number of hydrogen-bond acceptors (Lipinski definition) is 3. The van der Waals surface area contributed by atoms with Gasteiger partial charge in [-0.25, -0.2) is 4.79 Å². The third-order valence-electron chi connectivity index (χ3n) is 5.91. The highest BCUT2D eigenvalue weighted by molar-refractivity contribution is 6.91. The summed E-state index contributed by atoms with van der Waals surface area (Å²) in [4.78, 5) is 25.2. The molecule has 0 heterocycles. The van der Waals surface area contributed by atoms with E-state index in [1.807, 2.05) is 32.0 Å². The monoisotopic (exact) mass is 495 g/mol. The number of unbranched alkanes of at least 4 members (excludes halogenated alkanes) is 1. The van der Waals surface area contributed by atoms with E-state index in [1.54, 1.807) is 0 Å². The number of ether oxygens (including phenoxy) is 1. The number of carbonyl (C=O) groups excluding carboxylic acids is 2. The molecule has 2 aromatic carbocycles. The van der Waals surface area contributed by atoms with Crippen molar-refractivity contribution >= 4 is 49.7 Å². The smallest absolute Gasteiger partial charge is 0.331 e. The third kappa shape index (κ3) is 7.81. The van der Waals surface area contributed by atoms with E-state index in [0.717, 1.165) is 40.8 Å². The van der Waals surface area contributed by atoms with Crippen LogP contribution in [-0.4, -0.2) is 34.6 Å². The van der Waals surface area contributed by atoms with Gasteiger partial charge in [0.15, 0.2) is 0 Å². The number of anilines is 1. The van der Waals surface area contributed by atoms with Gasteiger partial charge in [0, 0.05) is 17.3 Å². The van der Waals surface area contributed by atoms with E-state index in [2.05, 4.69) is 69.7 Å². The molecule has 6 heteroatoms. The Morgan fingerprint density at radius 3 is 2.03 bits per heavy atom. The van der Waals surface area contributed by atoms with Gasteiger partial charge in [0.25, 0.3) is 5.91 Å². The van der Waals surface area contributed by atoms with Crippen LogP contribution in [0.3, 0.4) is 0 Å². The van der Waals surface area contributed by atoms with Gasteiger partial charge in [-0.2, -0.15) is 0 Å². The maximum atomic E-state index is 13.2. The lowest BCUT2D eigenvalue weighted by Gasteiger charge is -2.24. The van der Waals surface area contributed by atoms with Gasteiger partial charge in [0.2, 0.25) is 0 Å². The van der Waals surface area contributed by atoms with Gasteiger partial charge in [-0.1, -0.05) is 87.3 Å². The number of rotatable bonds is 9.